The van der Waals surface area contributed by atoms with Crippen molar-refractivity contribution in [2.75, 3.05) is 0 Å². The Morgan fingerprint density at radius 3 is 2.85 bits per heavy atom. The third-order valence-corrected chi connectivity index (χ3v) is 4.36. The second-order valence-electron chi connectivity index (χ2n) is 5.44. The van der Waals surface area contributed by atoms with E-state index >= 15 is 0 Å². The average Bonchev–Trinajstić information content (AvgIpc) is 3.09. The van der Waals surface area contributed by atoms with E-state index in [9.17, 15) is 14.7 Å². The summed E-state index contributed by atoms with van der Waals surface area (Å²) >= 11 is 0. The fourth-order valence-electron chi connectivity index (χ4n) is 3.39. The summed E-state index contributed by atoms with van der Waals surface area (Å²) < 4.78 is 1.68. The molecule has 3 heterocycles. The molecule has 2 bridgehead atoms. The number of carboxylic acids is 1. The number of nitrogens with zero attached hydrogens (tertiary/aromatic N) is 3. The van der Waals surface area contributed by atoms with E-state index < -0.39 is 11.9 Å². The van der Waals surface area contributed by atoms with Gasteiger partial charge in [-0.2, -0.15) is 5.10 Å². The van der Waals surface area contributed by atoms with E-state index in [4.69, 9.17) is 0 Å². The lowest BCUT2D eigenvalue weighted by atomic mass is 9.89. The zero-order chi connectivity index (χ0) is 14.3. The first-order valence-corrected chi connectivity index (χ1v) is 6.79. The molecule has 2 aliphatic heterocycles. The standard InChI is InChI=1S/C14H17N3O3/c1-16-9(6-7-15-16)3-5-13(18)17-10-2-4-12(17)11(8-10)14(19)20/h3,5-7,10-12H,2,4,8H2,1H3,(H,19,20). The van der Waals surface area contributed by atoms with Gasteiger partial charge in [-0.1, -0.05) is 0 Å². The smallest absolute Gasteiger partial charge is 0.308 e. The maximum Gasteiger partial charge on any atom is 0.308 e. The molecule has 3 unspecified atom stereocenters. The first-order chi connectivity index (χ1) is 9.58. The zero-order valence-electron chi connectivity index (χ0n) is 11.3. The summed E-state index contributed by atoms with van der Waals surface area (Å²) in [5.41, 5.74) is 0.847. The summed E-state index contributed by atoms with van der Waals surface area (Å²) in [4.78, 5) is 25.2. The van der Waals surface area contributed by atoms with Crippen LogP contribution in [0.5, 0.6) is 0 Å². The number of fused-ring (bicyclic) bond motifs is 2. The SMILES string of the molecule is Cn1nccc1C=CC(=O)N1C2CCC1C(C(=O)O)C2. The molecule has 0 radical (unpaired) electrons. The number of aromatic nitrogens is 2. The highest BCUT2D eigenvalue weighted by molar-refractivity contribution is 5.93. The fraction of sp³-hybridized carbons (Fsp3) is 0.500. The molecular formula is C14H17N3O3. The highest BCUT2D eigenvalue weighted by Gasteiger charge is 2.50. The summed E-state index contributed by atoms with van der Waals surface area (Å²) in [6.07, 6.45) is 7.22. The van der Waals surface area contributed by atoms with Crippen LogP contribution in [0.3, 0.4) is 0 Å². The summed E-state index contributed by atoms with van der Waals surface area (Å²) in [6.45, 7) is 0. The Morgan fingerprint density at radius 2 is 2.25 bits per heavy atom. The number of hydrogen-bond donors (Lipinski definition) is 1. The summed E-state index contributed by atoms with van der Waals surface area (Å²) in [5.74, 6) is -1.28. The molecular weight excluding hydrogens is 258 g/mol. The number of hydrogen-bond acceptors (Lipinski definition) is 3. The minimum Gasteiger partial charge on any atom is -0.481 e. The molecule has 0 saturated carbocycles. The highest BCUT2D eigenvalue weighted by atomic mass is 16.4. The van der Waals surface area contributed by atoms with Crippen LogP contribution in [-0.2, 0) is 16.6 Å². The third-order valence-electron chi connectivity index (χ3n) is 4.36. The van der Waals surface area contributed by atoms with E-state index in [-0.39, 0.29) is 18.0 Å². The molecule has 1 aromatic rings. The lowest BCUT2D eigenvalue weighted by Gasteiger charge is -2.21. The predicted molar refractivity (Wildman–Crippen MR) is 71.6 cm³/mol. The van der Waals surface area contributed by atoms with Gasteiger partial charge in [-0.05, 0) is 31.4 Å². The van der Waals surface area contributed by atoms with Crippen molar-refractivity contribution in [1.82, 2.24) is 14.7 Å². The van der Waals surface area contributed by atoms with Crippen molar-refractivity contribution in [3.8, 4) is 0 Å². The zero-order valence-corrected chi connectivity index (χ0v) is 11.3. The molecule has 106 valence electrons. The lowest BCUT2D eigenvalue weighted by Crippen LogP contribution is -2.36. The van der Waals surface area contributed by atoms with Crippen molar-refractivity contribution < 1.29 is 14.7 Å². The van der Waals surface area contributed by atoms with Gasteiger partial charge in [0.2, 0.25) is 5.91 Å². The largest absolute Gasteiger partial charge is 0.481 e. The Hall–Kier alpha value is -2.11. The quantitative estimate of drug-likeness (QED) is 0.831. The first kappa shape index (κ1) is 12.9. The van der Waals surface area contributed by atoms with Gasteiger partial charge in [0.1, 0.15) is 0 Å². The molecule has 2 saturated heterocycles. The normalized spacial score (nSPS) is 28.4. The molecule has 20 heavy (non-hydrogen) atoms. The van der Waals surface area contributed by atoms with Gasteiger partial charge in [-0.3, -0.25) is 14.3 Å². The maximum absolute atomic E-state index is 12.3. The van der Waals surface area contributed by atoms with Gasteiger partial charge < -0.3 is 10.0 Å². The topological polar surface area (TPSA) is 75.4 Å². The molecule has 2 fully saturated rings. The van der Waals surface area contributed by atoms with Crippen molar-refractivity contribution in [2.45, 2.75) is 31.3 Å². The molecule has 0 spiro atoms. The minimum absolute atomic E-state index is 0.0878. The van der Waals surface area contributed by atoms with E-state index in [0.29, 0.717) is 6.42 Å². The fourth-order valence-corrected chi connectivity index (χ4v) is 3.39. The number of rotatable bonds is 3. The van der Waals surface area contributed by atoms with Gasteiger partial charge in [-0.25, -0.2) is 0 Å². The molecule has 3 rings (SSSR count). The molecule has 0 aliphatic carbocycles. The maximum atomic E-state index is 12.3. The Balaban J connectivity index is 1.74. The number of carboxylic acid groups (broad SMARTS) is 1. The van der Waals surface area contributed by atoms with E-state index in [1.54, 1.807) is 21.9 Å². The van der Waals surface area contributed by atoms with Crippen molar-refractivity contribution in [3.63, 3.8) is 0 Å². The number of carbonyl (C=O) groups excluding carboxylic acids is 1. The van der Waals surface area contributed by atoms with Gasteiger partial charge >= 0.3 is 5.97 Å². The summed E-state index contributed by atoms with van der Waals surface area (Å²) in [7, 11) is 1.81. The third kappa shape index (κ3) is 2.01. The number of aliphatic carboxylic acids is 1. The predicted octanol–water partition coefficient (Wildman–Crippen LogP) is 0.897. The van der Waals surface area contributed by atoms with Crippen LogP contribution in [0.2, 0.25) is 0 Å². The Bertz CT molecular complexity index is 578. The molecule has 6 nitrogen and oxygen atoms in total. The highest BCUT2D eigenvalue weighted by Crippen LogP contribution is 2.41. The average molecular weight is 275 g/mol. The van der Waals surface area contributed by atoms with Gasteiger partial charge in [0.15, 0.2) is 0 Å². The summed E-state index contributed by atoms with van der Waals surface area (Å²) in [5, 5.41) is 13.2. The minimum atomic E-state index is -0.786. The van der Waals surface area contributed by atoms with Crippen LogP contribution in [0.4, 0.5) is 0 Å². The van der Waals surface area contributed by atoms with Crippen LogP contribution in [-0.4, -0.2) is 43.7 Å². The number of carbonyl (C=O) groups is 2. The van der Waals surface area contributed by atoms with Crippen LogP contribution in [0.15, 0.2) is 18.3 Å². The van der Waals surface area contributed by atoms with Gasteiger partial charge in [0.25, 0.3) is 0 Å². The molecule has 3 atom stereocenters. The molecule has 1 N–H and O–H groups in total. The second kappa shape index (κ2) is 4.77. The first-order valence-electron chi connectivity index (χ1n) is 6.79. The van der Waals surface area contributed by atoms with Crippen LogP contribution in [0.1, 0.15) is 25.0 Å². The Labute approximate surface area is 116 Å². The van der Waals surface area contributed by atoms with Crippen molar-refractivity contribution in [2.24, 2.45) is 13.0 Å². The monoisotopic (exact) mass is 275 g/mol. The Morgan fingerprint density at radius 1 is 1.45 bits per heavy atom. The van der Waals surface area contributed by atoms with Crippen LogP contribution in [0.25, 0.3) is 6.08 Å². The van der Waals surface area contributed by atoms with Gasteiger partial charge in [-0.15, -0.1) is 0 Å². The second-order valence-corrected chi connectivity index (χ2v) is 5.44. The van der Waals surface area contributed by atoms with Crippen LogP contribution < -0.4 is 0 Å². The van der Waals surface area contributed by atoms with E-state index in [2.05, 4.69) is 5.10 Å². The van der Waals surface area contributed by atoms with E-state index in [0.717, 1.165) is 18.5 Å². The van der Waals surface area contributed by atoms with E-state index in [1.807, 2.05) is 13.1 Å². The Kier molecular flexibility index (Phi) is 3.08. The lowest BCUT2D eigenvalue weighted by molar-refractivity contribution is -0.143. The molecule has 0 aromatic carbocycles. The van der Waals surface area contributed by atoms with Gasteiger partial charge in [0, 0.05) is 31.4 Å². The van der Waals surface area contributed by atoms with Crippen molar-refractivity contribution in [3.05, 3.63) is 24.0 Å². The van der Waals surface area contributed by atoms with Gasteiger partial charge in [0.05, 0.1) is 11.6 Å². The molecule has 2 aliphatic rings. The van der Waals surface area contributed by atoms with Crippen molar-refractivity contribution >= 4 is 18.0 Å². The number of amides is 1. The summed E-state index contributed by atoms with van der Waals surface area (Å²) in [6, 6.07) is 1.77. The van der Waals surface area contributed by atoms with Crippen LogP contribution >= 0.6 is 0 Å². The van der Waals surface area contributed by atoms with Crippen molar-refractivity contribution in [1.29, 1.82) is 0 Å². The molecule has 1 amide bonds. The molecule has 1 aromatic heterocycles. The molecule has 6 heteroatoms. The van der Waals surface area contributed by atoms with Crippen LogP contribution in [0, 0.1) is 5.92 Å². The van der Waals surface area contributed by atoms with E-state index in [1.165, 1.54) is 6.08 Å². The number of aryl methyl sites for hydroxylation is 1.